The molecule has 1 aliphatic heterocycles. The van der Waals surface area contributed by atoms with E-state index in [1.807, 2.05) is 19.2 Å². The van der Waals surface area contributed by atoms with Crippen molar-refractivity contribution in [3.63, 3.8) is 0 Å². The lowest BCUT2D eigenvalue weighted by atomic mass is 10.1. The minimum atomic E-state index is -1.07. The molecule has 9 heteroatoms. The first-order valence-corrected chi connectivity index (χ1v) is 7.41. The average molecular weight is 326 g/mol. The molecule has 9 nitrogen and oxygen atoms in total. The lowest BCUT2D eigenvalue weighted by molar-refractivity contribution is -0.144. The van der Waals surface area contributed by atoms with Crippen LogP contribution in [0.5, 0.6) is 0 Å². The zero-order valence-corrected chi connectivity index (χ0v) is 13.7. The second-order valence-electron chi connectivity index (χ2n) is 5.93. The molecule has 1 heterocycles. The van der Waals surface area contributed by atoms with Crippen molar-refractivity contribution < 1.29 is 24.0 Å². The topological polar surface area (TPSA) is 116 Å². The van der Waals surface area contributed by atoms with Crippen LogP contribution < -0.4 is 10.6 Å². The smallest absolute Gasteiger partial charge is 0.334 e. The third-order valence-corrected chi connectivity index (χ3v) is 3.16. The van der Waals surface area contributed by atoms with Crippen molar-refractivity contribution in [3.05, 3.63) is 0 Å². The van der Waals surface area contributed by atoms with E-state index in [1.165, 1.54) is 0 Å². The molecular formula is C14H22N4O5. The van der Waals surface area contributed by atoms with Crippen molar-refractivity contribution in [1.82, 2.24) is 20.4 Å². The molecule has 0 spiro atoms. The summed E-state index contributed by atoms with van der Waals surface area (Å²) in [5, 5.41) is 4.51. The Hall–Kier alpha value is -2.45. The first-order chi connectivity index (χ1) is 10.6. The van der Waals surface area contributed by atoms with E-state index in [-0.39, 0.29) is 0 Å². The molecule has 0 bridgehead atoms. The van der Waals surface area contributed by atoms with E-state index >= 15 is 0 Å². The number of carbonyl (C=O) groups is 5. The van der Waals surface area contributed by atoms with Crippen LogP contribution in [0.3, 0.4) is 0 Å². The average Bonchev–Trinajstić information content (AvgIpc) is 2.62. The maximum absolute atomic E-state index is 12.0. The van der Waals surface area contributed by atoms with Crippen LogP contribution in [0.4, 0.5) is 9.59 Å². The maximum atomic E-state index is 12.0. The van der Waals surface area contributed by atoms with Gasteiger partial charge in [-0.05, 0) is 26.2 Å². The normalized spacial score (nSPS) is 15.0. The SMILES string of the molecule is CC(C)CCNC(=O)NC(=O)CN1C(=O)C(=O)N(C(C)C)C1=O. The summed E-state index contributed by atoms with van der Waals surface area (Å²) in [7, 11) is 0. The minimum Gasteiger partial charge on any atom is -0.338 e. The first-order valence-electron chi connectivity index (χ1n) is 7.41. The monoisotopic (exact) mass is 326 g/mol. The van der Waals surface area contributed by atoms with Crippen LogP contribution in [0.1, 0.15) is 34.1 Å². The zero-order chi connectivity index (χ0) is 17.7. The number of hydrogen-bond acceptors (Lipinski definition) is 5. The van der Waals surface area contributed by atoms with Crippen LogP contribution in [0.25, 0.3) is 0 Å². The summed E-state index contributed by atoms with van der Waals surface area (Å²) >= 11 is 0. The Balaban J connectivity index is 2.54. The fraction of sp³-hybridized carbons (Fsp3) is 0.643. The summed E-state index contributed by atoms with van der Waals surface area (Å²) in [5.74, 6) is -2.48. The Morgan fingerprint density at radius 3 is 2.13 bits per heavy atom. The predicted octanol–water partition coefficient (Wildman–Crippen LogP) is 0.0575. The van der Waals surface area contributed by atoms with E-state index in [0.29, 0.717) is 17.4 Å². The Morgan fingerprint density at radius 1 is 1.04 bits per heavy atom. The molecule has 0 radical (unpaired) electrons. The molecule has 0 atom stereocenters. The van der Waals surface area contributed by atoms with E-state index in [4.69, 9.17) is 0 Å². The Kier molecular flexibility index (Phi) is 6.23. The van der Waals surface area contributed by atoms with E-state index in [9.17, 15) is 24.0 Å². The van der Waals surface area contributed by atoms with Crippen LogP contribution in [0.2, 0.25) is 0 Å². The van der Waals surface area contributed by atoms with Gasteiger partial charge in [-0.25, -0.2) is 14.5 Å². The third kappa shape index (κ3) is 4.76. The fourth-order valence-corrected chi connectivity index (χ4v) is 1.95. The number of imide groups is 3. The molecule has 23 heavy (non-hydrogen) atoms. The van der Waals surface area contributed by atoms with Gasteiger partial charge in [-0.1, -0.05) is 13.8 Å². The van der Waals surface area contributed by atoms with Crippen LogP contribution >= 0.6 is 0 Å². The van der Waals surface area contributed by atoms with Gasteiger partial charge in [0.1, 0.15) is 6.54 Å². The summed E-state index contributed by atoms with van der Waals surface area (Å²) in [4.78, 5) is 59.9. The molecule has 128 valence electrons. The number of nitrogens with zero attached hydrogens (tertiary/aromatic N) is 2. The van der Waals surface area contributed by atoms with Gasteiger partial charge >= 0.3 is 23.9 Å². The van der Waals surface area contributed by atoms with E-state index in [0.717, 1.165) is 11.3 Å². The molecule has 0 aromatic rings. The quantitative estimate of drug-likeness (QED) is 0.529. The van der Waals surface area contributed by atoms with Gasteiger partial charge < -0.3 is 5.32 Å². The molecule has 0 aromatic carbocycles. The van der Waals surface area contributed by atoms with Crippen molar-refractivity contribution in [1.29, 1.82) is 0 Å². The highest BCUT2D eigenvalue weighted by atomic mass is 16.2. The first kappa shape index (κ1) is 18.6. The number of hydrogen-bond donors (Lipinski definition) is 2. The highest BCUT2D eigenvalue weighted by molar-refractivity contribution is 6.45. The summed E-state index contributed by atoms with van der Waals surface area (Å²) in [6.07, 6.45) is 0.753. The fourth-order valence-electron chi connectivity index (χ4n) is 1.95. The number of amides is 7. The molecule has 0 unspecified atom stereocenters. The summed E-state index contributed by atoms with van der Waals surface area (Å²) in [6, 6.07) is -2.06. The Labute approximate surface area is 134 Å². The van der Waals surface area contributed by atoms with E-state index in [2.05, 4.69) is 5.32 Å². The van der Waals surface area contributed by atoms with Gasteiger partial charge in [0, 0.05) is 12.6 Å². The van der Waals surface area contributed by atoms with Crippen molar-refractivity contribution in [2.75, 3.05) is 13.1 Å². The minimum absolute atomic E-state index is 0.401. The zero-order valence-electron chi connectivity index (χ0n) is 13.7. The number of rotatable bonds is 6. The van der Waals surface area contributed by atoms with Crippen LogP contribution in [0, 0.1) is 5.92 Å². The lowest BCUT2D eigenvalue weighted by Gasteiger charge is -2.18. The second-order valence-corrected chi connectivity index (χ2v) is 5.93. The molecular weight excluding hydrogens is 304 g/mol. The summed E-state index contributed by atoms with van der Waals surface area (Å²) < 4.78 is 0. The molecule has 7 amide bonds. The highest BCUT2D eigenvalue weighted by Crippen LogP contribution is 2.14. The Bertz CT molecular complexity index is 529. The van der Waals surface area contributed by atoms with Gasteiger partial charge in [0.05, 0.1) is 0 Å². The molecule has 1 fully saturated rings. The molecule has 0 saturated carbocycles. The lowest BCUT2D eigenvalue weighted by Crippen LogP contribution is -2.47. The Morgan fingerprint density at radius 2 is 1.65 bits per heavy atom. The standard InChI is InChI=1S/C14H22N4O5/c1-8(2)5-6-15-13(22)16-10(19)7-17-11(20)12(21)18(9(3)4)14(17)23/h8-9H,5-7H2,1-4H3,(H2,15,16,19,22). The highest BCUT2D eigenvalue weighted by Gasteiger charge is 2.46. The molecule has 2 N–H and O–H groups in total. The van der Waals surface area contributed by atoms with Crippen molar-refractivity contribution >= 4 is 29.8 Å². The van der Waals surface area contributed by atoms with E-state index < -0.39 is 42.4 Å². The third-order valence-electron chi connectivity index (χ3n) is 3.16. The predicted molar refractivity (Wildman–Crippen MR) is 80.1 cm³/mol. The summed E-state index contributed by atoms with van der Waals surface area (Å²) in [6.45, 7) is 6.87. The van der Waals surface area contributed by atoms with Crippen LogP contribution in [-0.4, -0.2) is 58.7 Å². The van der Waals surface area contributed by atoms with Crippen molar-refractivity contribution in [2.24, 2.45) is 5.92 Å². The second kappa shape index (κ2) is 7.70. The summed E-state index contributed by atoms with van der Waals surface area (Å²) in [5.41, 5.74) is 0. The molecule has 0 aliphatic carbocycles. The van der Waals surface area contributed by atoms with Crippen molar-refractivity contribution in [2.45, 2.75) is 40.2 Å². The van der Waals surface area contributed by atoms with Gasteiger partial charge in [-0.15, -0.1) is 0 Å². The van der Waals surface area contributed by atoms with Crippen LogP contribution in [-0.2, 0) is 14.4 Å². The van der Waals surface area contributed by atoms with Gasteiger partial charge in [-0.3, -0.25) is 24.6 Å². The van der Waals surface area contributed by atoms with Gasteiger partial charge in [0.25, 0.3) is 0 Å². The van der Waals surface area contributed by atoms with Crippen molar-refractivity contribution in [3.8, 4) is 0 Å². The van der Waals surface area contributed by atoms with E-state index in [1.54, 1.807) is 13.8 Å². The number of urea groups is 2. The largest absolute Gasteiger partial charge is 0.338 e. The molecule has 1 aliphatic rings. The molecule has 1 saturated heterocycles. The molecule has 1 rings (SSSR count). The van der Waals surface area contributed by atoms with Crippen LogP contribution in [0.15, 0.2) is 0 Å². The number of nitrogens with one attached hydrogen (secondary N) is 2. The number of carbonyl (C=O) groups excluding carboxylic acids is 5. The van der Waals surface area contributed by atoms with Gasteiger partial charge in [0.2, 0.25) is 5.91 Å². The maximum Gasteiger partial charge on any atom is 0.334 e. The molecule has 0 aromatic heterocycles. The van der Waals surface area contributed by atoms with Gasteiger partial charge in [0.15, 0.2) is 0 Å². The van der Waals surface area contributed by atoms with Gasteiger partial charge in [-0.2, -0.15) is 0 Å².